The summed E-state index contributed by atoms with van der Waals surface area (Å²) in [6, 6.07) is 13.1. The zero-order valence-electron chi connectivity index (χ0n) is 16.3. The molecule has 2 aromatic carbocycles. The topological polar surface area (TPSA) is 68.0 Å². The fraction of sp³-hybridized carbons (Fsp3) is 0.455. The molecule has 1 fully saturated rings. The molecule has 0 saturated carbocycles. The van der Waals surface area contributed by atoms with Crippen LogP contribution in [-0.2, 0) is 6.42 Å². The molecular formula is C22H29ClN2O3. The summed E-state index contributed by atoms with van der Waals surface area (Å²) >= 11 is 5.86. The highest BCUT2D eigenvalue weighted by Gasteiger charge is 2.22. The number of likely N-dealkylation sites (tertiary alicyclic amines) is 1. The number of aliphatic hydroxyl groups is 1. The van der Waals surface area contributed by atoms with E-state index in [0.29, 0.717) is 17.5 Å². The van der Waals surface area contributed by atoms with Crippen LogP contribution in [0.2, 0.25) is 5.02 Å². The number of nitrogens with zero attached hydrogens (tertiary/aromatic N) is 1. The van der Waals surface area contributed by atoms with Crippen molar-refractivity contribution < 1.29 is 14.6 Å². The molecule has 0 spiro atoms. The second-order valence-corrected chi connectivity index (χ2v) is 7.87. The molecule has 0 aromatic heterocycles. The number of halogens is 1. The van der Waals surface area contributed by atoms with E-state index < -0.39 is 6.10 Å². The lowest BCUT2D eigenvalue weighted by Crippen LogP contribution is -2.41. The molecule has 152 valence electrons. The minimum Gasteiger partial charge on any atom is -0.497 e. The normalized spacial score (nSPS) is 16.7. The number of nitrogens with two attached hydrogens (primary N) is 1. The molecule has 1 heterocycles. The summed E-state index contributed by atoms with van der Waals surface area (Å²) in [7, 11) is 1.65. The number of hydrogen-bond acceptors (Lipinski definition) is 5. The molecule has 0 bridgehead atoms. The largest absolute Gasteiger partial charge is 0.497 e. The molecule has 1 saturated heterocycles. The van der Waals surface area contributed by atoms with Gasteiger partial charge in [-0.2, -0.15) is 0 Å². The quantitative estimate of drug-likeness (QED) is 0.657. The fourth-order valence-electron chi connectivity index (χ4n) is 3.64. The fourth-order valence-corrected chi connectivity index (χ4v) is 3.77. The van der Waals surface area contributed by atoms with Crippen LogP contribution in [0, 0.1) is 5.92 Å². The predicted molar refractivity (Wildman–Crippen MR) is 113 cm³/mol. The zero-order chi connectivity index (χ0) is 19.9. The van der Waals surface area contributed by atoms with Crippen molar-refractivity contribution in [2.45, 2.75) is 25.4 Å². The number of β-amino-alcohol motifs (C(OH)–C–C–N with tert-alkyl or cyclic N) is 1. The number of hydrogen-bond donors (Lipinski definition) is 2. The summed E-state index contributed by atoms with van der Waals surface area (Å²) in [5.41, 5.74) is 8.14. The van der Waals surface area contributed by atoms with Crippen LogP contribution < -0.4 is 15.2 Å². The molecule has 1 aliphatic rings. The average molecular weight is 405 g/mol. The third-order valence-corrected chi connectivity index (χ3v) is 5.55. The Labute approximate surface area is 172 Å². The molecule has 3 rings (SSSR count). The van der Waals surface area contributed by atoms with Crippen molar-refractivity contribution in [3.8, 4) is 11.5 Å². The van der Waals surface area contributed by atoms with E-state index >= 15 is 0 Å². The second-order valence-electron chi connectivity index (χ2n) is 7.43. The lowest BCUT2D eigenvalue weighted by Gasteiger charge is -2.33. The van der Waals surface area contributed by atoms with Crippen molar-refractivity contribution in [3.63, 3.8) is 0 Å². The molecule has 1 aliphatic heterocycles. The molecule has 5 nitrogen and oxygen atoms in total. The molecular weight excluding hydrogens is 376 g/mol. The lowest BCUT2D eigenvalue weighted by atomic mass is 9.89. The number of nitrogen functional groups attached to an aromatic ring is 1. The van der Waals surface area contributed by atoms with Gasteiger partial charge in [0.2, 0.25) is 0 Å². The van der Waals surface area contributed by atoms with E-state index in [-0.39, 0.29) is 6.61 Å². The van der Waals surface area contributed by atoms with Crippen LogP contribution in [-0.4, -0.2) is 49.5 Å². The first-order chi connectivity index (χ1) is 13.5. The standard InChI is InChI=1S/C22H29ClN2O3/c1-27-21-5-2-17(22(24)13-21)12-16-8-10-25(11-9-16)14-19(26)15-28-20-6-3-18(23)4-7-20/h2-7,13,16,19,26H,8-12,14-15,24H2,1H3. The van der Waals surface area contributed by atoms with Crippen LogP contribution in [0.15, 0.2) is 42.5 Å². The van der Waals surface area contributed by atoms with Crippen molar-refractivity contribution in [2.24, 2.45) is 5.92 Å². The Hall–Kier alpha value is -1.95. The third kappa shape index (κ3) is 6.03. The van der Waals surface area contributed by atoms with Crippen molar-refractivity contribution in [1.29, 1.82) is 0 Å². The lowest BCUT2D eigenvalue weighted by molar-refractivity contribution is 0.0551. The Bertz CT molecular complexity index is 746. The Morgan fingerprint density at radius 1 is 1.14 bits per heavy atom. The van der Waals surface area contributed by atoms with Crippen molar-refractivity contribution in [1.82, 2.24) is 4.90 Å². The highest BCUT2D eigenvalue weighted by molar-refractivity contribution is 6.30. The SMILES string of the molecule is COc1ccc(CC2CCN(CC(O)COc3ccc(Cl)cc3)CC2)c(N)c1. The van der Waals surface area contributed by atoms with Gasteiger partial charge in [-0.1, -0.05) is 17.7 Å². The Morgan fingerprint density at radius 3 is 2.46 bits per heavy atom. The Morgan fingerprint density at radius 2 is 1.82 bits per heavy atom. The summed E-state index contributed by atoms with van der Waals surface area (Å²) in [5, 5.41) is 11.0. The maximum absolute atomic E-state index is 10.3. The minimum absolute atomic E-state index is 0.282. The molecule has 1 atom stereocenters. The number of rotatable bonds is 8. The van der Waals surface area contributed by atoms with Gasteiger partial charge in [0.25, 0.3) is 0 Å². The van der Waals surface area contributed by atoms with Gasteiger partial charge in [0.1, 0.15) is 24.2 Å². The molecule has 2 aromatic rings. The van der Waals surface area contributed by atoms with Gasteiger partial charge in [0.05, 0.1) is 7.11 Å². The highest BCUT2D eigenvalue weighted by atomic mass is 35.5. The summed E-state index contributed by atoms with van der Waals surface area (Å²) in [6.45, 7) is 2.88. The van der Waals surface area contributed by atoms with Gasteiger partial charge in [-0.15, -0.1) is 0 Å². The zero-order valence-corrected chi connectivity index (χ0v) is 17.1. The monoisotopic (exact) mass is 404 g/mol. The van der Waals surface area contributed by atoms with Crippen LogP contribution in [0.3, 0.4) is 0 Å². The molecule has 3 N–H and O–H groups in total. The summed E-state index contributed by atoms with van der Waals surface area (Å²) in [6.07, 6.45) is 2.70. The summed E-state index contributed by atoms with van der Waals surface area (Å²) in [4.78, 5) is 2.31. The Balaban J connectivity index is 1.39. The van der Waals surface area contributed by atoms with Crippen molar-refractivity contribution in [3.05, 3.63) is 53.1 Å². The molecule has 6 heteroatoms. The number of piperidine rings is 1. The van der Waals surface area contributed by atoms with E-state index in [9.17, 15) is 5.11 Å². The molecule has 0 aliphatic carbocycles. The predicted octanol–water partition coefficient (Wildman–Crippen LogP) is 3.63. The van der Waals surface area contributed by atoms with Gasteiger partial charge in [-0.25, -0.2) is 0 Å². The maximum Gasteiger partial charge on any atom is 0.120 e. The molecule has 0 radical (unpaired) electrons. The smallest absolute Gasteiger partial charge is 0.120 e. The number of benzene rings is 2. The number of ether oxygens (including phenoxy) is 2. The van der Waals surface area contributed by atoms with Gasteiger partial charge >= 0.3 is 0 Å². The Kier molecular flexibility index (Phi) is 7.43. The van der Waals surface area contributed by atoms with E-state index in [1.165, 1.54) is 5.56 Å². The van der Waals surface area contributed by atoms with Crippen LogP contribution in [0.4, 0.5) is 5.69 Å². The second kappa shape index (κ2) is 10.0. The van der Waals surface area contributed by atoms with Gasteiger partial charge in [0, 0.05) is 23.3 Å². The van der Waals surface area contributed by atoms with Crippen LogP contribution in [0.5, 0.6) is 11.5 Å². The highest BCUT2D eigenvalue weighted by Crippen LogP contribution is 2.27. The van der Waals surface area contributed by atoms with Crippen LogP contribution in [0.25, 0.3) is 0 Å². The van der Waals surface area contributed by atoms with Gasteiger partial charge < -0.3 is 25.2 Å². The van der Waals surface area contributed by atoms with E-state index in [0.717, 1.165) is 49.5 Å². The number of anilines is 1. The first-order valence-electron chi connectivity index (χ1n) is 9.74. The maximum atomic E-state index is 10.3. The summed E-state index contributed by atoms with van der Waals surface area (Å²) < 4.78 is 10.9. The molecule has 1 unspecified atom stereocenters. The number of methoxy groups -OCH3 is 1. The first-order valence-corrected chi connectivity index (χ1v) is 10.1. The average Bonchev–Trinajstić information content (AvgIpc) is 2.70. The van der Waals surface area contributed by atoms with Crippen molar-refractivity contribution in [2.75, 3.05) is 39.1 Å². The van der Waals surface area contributed by atoms with Crippen LogP contribution >= 0.6 is 11.6 Å². The van der Waals surface area contributed by atoms with Crippen molar-refractivity contribution >= 4 is 17.3 Å². The molecule has 0 amide bonds. The van der Waals surface area contributed by atoms with E-state index in [2.05, 4.69) is 11.0 Å². The van der Waals surface area contributed by atoms with E-state index in [4.69, 9.17) is 26.8 Å². The third-order valence-electron chi connectivity index (χ3n) is 5.29. The minimum atomic E-state index is -0.510. The van der Waals surface area contributed by atoms with Crippen LogP contribution in [0.1, 0.15) is 18.4 Å². The summed E-state index contributed by atoms with van der Waals surface area (Å²) in [5.74, 6) is 2.14. The van der Waals surface area contributed by atoms with Gasteiger partial charge in [0.15, 0.2) is 0 Å². The van der Waals surface area contributed by atoms with Gasteiger partial charge in [-0.05, 0) is 74.2 Å². The first kappa shape index (κ1) is 20.8. The molecule has 28 heavy (non-hydrogen) atoms. The van der Waals surface area contributed by atoms with E-state index in [1.54, 1.807) is 19.2 Å². The van der Waals surface area contributed by atoms with E-state index in [1.807, 2.05) is 24.3 Å². The van der Waals surface area contributed by atoms with Gasteiger partial charge in [-0.3, -0.25) is 0 Å². The number of aliphatic hydroxyl groups excluding tert-OH is 1.